The fourth-order valence-corrected chi connectivity index (χ4v) is 2.10. The molecule has 0 bridgehead atoms. The Morgan fingerprint density at radius 3 is 2.65 bits per heavy atom. The van der Waals surface area contributed by atoms with Gasteiger partial charge in [-0.3, -0.25) is 4.79 Å². The first-order valence-electron chi connectivity index (χ1n) is 6.66. The van der Waals surface area contributed by atoms with Crippen LogP contribution in [0.15, 0.2) is 34.9 Å². The third kappa shape index (κ3) is 2.87. The zero-order valence-electron chi connectivity index (χ0n) is 11.7. The fraction of sp³-hybridized carbons (Fsp3) is 0.400. The Morgan fingerprint density at radius 1 is 1.35 bits per heavy atom. The van der Waals surface area contributed by atoms with Crippen LogP contribution in [0.4, 0.5) is 0 Å². The third-order valence-electron chi connectivity index (χ3n) is 3.37. The van der Waals surface area contributed by atoms with E-state index in [1.54, 1.807) is 19.1 Å². The van der Waals surface area contributed by atoms with E-state index in [1.165, 1.54) is 0 Å². The molecule has 1 aromatic heterocycles. The molecule has 1 N–H and O–H groups in total. The van der Waals surface area contributed by atoms with Gasteiger partial charge in [-0.1, -0.05) is 42.4 Å². The quantitative estimate of drug-likeness (QED) is 0.876. The van der Waals surface area contributed by atoms with Gasteiger partial charge in [0.15, 0.2) is 5.82 Å². The summed E-state index contributed by atoms with van der Waals surface area (Å²) < 4.78 is 5.16. The number of hydrogen-bond donors (Lipinski definition) is 1. The van der Waals surface area contributed by atoms with Crippen LogP contribution in [-0.4, -0.2) is 21.2 Å². The van der Waals surface area contributed by atoms with Crippen LogP contribution in [0.2, 0.25) is 0 Å². The molecular weight excluding hydrogens is 256 g/mol. The number of nitrogens with zero attached hydrogens (tertiary/aromatic N) is 2. The van der Waals surface area contributed by atoms with E-state index in [2.05, 4.69) is 10.1 Å². The maximum absolute atomic E-state index is 11.7. The number of aromatic nitrogens is 2. The third-order valence-corrected chi connectivity index (χ3v) is 3.37. The van der Waals surface area contributed by atoms with E-state index in [0.717, 1.165) is 18.4 Å². The van der Waals surface area contributed by atoms with Gasteiger partial charge in [-0.15, -0.1) is 0 Å². The molecule has 1 aromatic carbocycles. The summed E-state index contributed by atoms with van der Waals surface area (Å²) in [5.74, 6) is 0.0874. The van der Waals surface area contributed by atoms with Crippen LogP contribution < -0.4 is 0 Å². The number of benzene rings is 1. The van der Waals surface area contributed by atoms with Crippen LogP contribution in [0, 0.1) is 0 Å². The lowest BCUT2D eigenvalue weighted by molar-refractivity contribution is -0.143. The average Bonchev–Trinajstić information content (AvgIpc) is 2.87. The molecule has 1 atom stereocenters. The van der Waals surface area contributed by atoms with E-state index in [9.17, 15) is 9.90 Å². The molecule has 0 aliphatic rings. The van der Waals surface area contributed by atoms with E-state index in [0.29, 0.717) is 11.7 Å². The standard InChI is InChI=1S/C15H18N2O3/c1-3-7-12-16-13(20-17-12)10-15(2,14(18)19)11-8-5-4-6-9-11/h4-6,8-9H,3,7,10H2,1-2H3,(H,18,19). The lowest BCUT2D eigenvalue weighted by Gasteiger charge is -2.23. The highest BCUT2D eigenvalue weighted by atomic mass is 16.5. The van der Waals surface area contributed by atoms with Gasteiger partial charge in [0.1, 0.15) is 0 Å². The summed E-state index contributed by atoms with van der Waals surface area (Å²) in [6.45, 7) is 3.70. The molecule has 0 saturated heterocycles. The molecule has 0 aliphatic heterocycles. The molecule has 0 saturated carbocycles. The molecule has 0 aliphatic carbocycles. The summed E-state index contributed by atoms with van der Waals surface area (Å²) in [7, 11) is 0. The lowest BCUT2D eigenvalue weighted by atomic mass is 9.79. The second kappa shape index (κ2) is 5.86. The van der Waals surface area contributed by atoms with Crippen LogP contribution in [-0.2, 0) is 23.1 Å². The van der Waals surface area contributed by atoms with Crippen LogP contribution >= 0.6 is 0 Å². The van der Waals surface area contributed by atoms with Gasteiger partial charge in [-0.05, 0) is 18.9 Å². The van der Waals surface area contributed by atoms with Crippen molar-refractivity contribution in [2.75, 3.05) is 0 Å². The molecule has 2 rings (SSSR count). The molecule has 1 unspecified atom stereocenters. The minimum absolute atomic E-state index is 0.184. The van der Waals surface area contributed by atoms with Crippen molar-refractivity contribution in [3.63, 3.8) is 0 Å². The molecule has 2 aromatic rings. The number of hydrogen-bond acceptors (Lipinski definition) is 4. The summed E-state index contributed by atoms with van der Waals surface area (Å²) in [6, 6.07) is 9.12. The summed E-state index contributed by atoms with van der Waals surface area (Å²) in [6.07, 6.45) is 1.84. The Hall–Kier alpha value is -2.17. The van der Waals surface area contributed by atoms with Crippen LogP contribution in [0.5, 0.6) is 0 Å². The van der Waals surface area contributed by atoms with E-state index in [1.807, 2.05) is 25.1 Å². The largest absolute Gasteiger partial charge is 0.481 e. The second-order valence-corrected chi connectivity index (χ2v) is 5.03. The SMILES string of the molecule is CCCc1noc(CC(C)(C(=O)O)c2ccccc2)n1. The van der Waals surface area contributed by atoms with Crippen molar-refractivity contribution < 1.29 is 14.4 Å². The van der Waals surface area contributed by atoms with Crippen molar-refractivity contribution in [1.82, 2.24) is 10.1 Å². The van der Waals surface area contributed by atoms with E-state index >= 15 is 0 Å². The van der Waals surface area contributed by atoms with Gasteiger partial charge < -0.3 is 9.63 Å². The molecule has 0 radical (unpaired) electrons. The van der Waals surface area contributed by atoms with Crippen molar-refractivity contribution >= 4 is 5.97 Å². The van der Waals surface area contributed by atoms with Crippen molar-refractivity contribution in [1.29, 1.82) is 0 Å². The number of carboxylic acids is 1. The zero-order chi connectivity index (χ0) is 14.6. The summed E-state index contributed by atoms with van der Waals surface area (Å²) in [5, 5.41) is 13.4. The predicted molar refractivity (Wildman–Crippen MR) is 73.4 cm³/mol. The first-order chi connectivity index (χ1) is 9.56. The van der Waals surface area contributed by atoms with Gasteiger partial charge in [0, 0.05) is 12.8 Å². The Kier molecular flexibility index (Phi) is 4.17. The number of carboxylic acid groups (broad SMARTS) is 1. The smallest absolute Gasteiger partial charge is 0.314 e. The highest BCUT2D eigenvalue weighted by molar-refractivity contribution is 5.81. The van der Waals surface area contributed by atoms with E-state index < -0.39 is 11.4 Å². The maximum atomic E-state index is 11.7. The molecule has 5 nitrogen and oxygen atoms in total. The molecular formula is C15H18N2O3. The summed E-state index contributed by atoms with van der Waals surface area (Å²) in [4.78, 5) is 15.9. The highest BCUT2D eigenvalue weighted by Gasteiger charge is 2.37. The monoisotopic (exact) mass is 274 g/mol. The Balaban J connectivity index is 2.27. The fourth-order valence-electron chi connectivity index (χ4n) is 2.10. The minimum atomic E-state index is -1.07. The molecule has 0 fully saturated rings. The van der Waals surface area contributed by atoms with Crippen LogP contribution in [0.1, 0.15) is 37.5 Å². The number of aryl methyl sites for hydroxylation is 1. The van der Waals surface area contributed by atoms with Crippen molar-refractivity contribution in [3.05, 3.63) is 47.6 Å². The first kappa shape index (κ1) is 14.2. The average molecular weight is 274 g/mol. The van der Waals surface area contributed by atoms with Crippen LogP contribution in [0.3, 0.4) is 0 Å². The molecule has 5 heteroatoms. The predicted octanol–water partition coefficient (Wildman–Crippen LogP) is 2.61. The van der Waals surface area contributed by atoms with Gasteiger partial charge in [-0.2, -0.15) is 4.98 Å². The molecule has 0 amide bonds. The van der Waals surface area contributed by atoms with Crippen molar-refractivity contribution in [2.24, 2.45) is 0 Å². The molecule has 0 spiro atoms. The van der Waals surface area contributed by atoms with Gasteiger partial charge >= 0.3 is 5.97 Å². The minimum Gasteiger partial charge on any atom is -0.481 e. The first-order valence-corrected chi connectivity index (χ1v) is 6.66. The summed E-state index contributed by atoms with van der Waals surface area (Å²) >= 11 is 0. The topological polar surface area (TPSA) is 76.2 Å². The van der Waals surface area contributed by atoms with Crippen molar-refractivity contribution in [2.45, 2.75) is 38.5 Å². The Bertz CT molecular complexity index is 580. The molecule has 20 heavy (non-hydrogen) atoms. The Morgan fingerprint density at radius 2 is 2.05 bits per heavy atom. The van der Waals surface area contributed by atoms with Gasteiger partial charge in [0.25, 0.3) is 0 Å². The zero-order valence-corrected chi connectivity index (χ0v) is 11.7. The lowest BCUT2D eigenvalue weighted by Crippen LogP contribution is -2.34. The van der Waals surface area contributed by atoms with Crippen molar-refractivity contribution in [3.8, 4) is 0 Å². The van der Waals surface area contributed by atoms with Gasteiger partial charge in [-0.25, -0.2) is 0 Å². The molecule has 106 valence electrons. The van der Waals surface area contributed by atoms with E-state index in [-0.39, 0.29) is 6.42 Å². The van der Waals surface area contributed by atoms with E-state index in [4.69, 9.17) is 4.52 Å². The van der Waals surface area contributed by atoms with Gasteiger partial charge in [0.05, 0.1) is 5.41 Å². The van der Waals surface area contributed by atoms with Crippen LogP contribution in [0.25, 0.3) is 0 Å². The maximum Gasteiger partial charge on any atom is 0.314 e. The Labute approximate surface area is 117 Å². The second-order valence-electron chi connectivity index (χ2n) is 5.03. The summed E-state index contributed by atoms with van der Waals surface area (Å²) in [5.41, 5.74) is -0.347. The number of carbonyl (C=O) groups is 1. The normalized spacial score (nSPS) is 13.9. The molecule has 1 heterocycles. The highest BCUT2D eigenvalue weighted by Crippen LogP contribution is 2.28. The number of rotatable bonds is 6. The van der Waals surface area contributed by atoms with Gasteiger partial charge in [0.2, 0.25) is 5.89 Å². The number of aliphatic carboxylic acids is 1.